The molecule has 3 fully saturated rings. The molecule has 5 heteroatoms. The van der Waals surface area contributed by atoms with Crippen molar-refractivity contribution < 1.29 is 19.3 Å². The first-order chi connectivity index (χ1) is 11.6. The van der Waals surface area contributed by atoms with Gasteiger partial charge in [-0.25, -0.2) is 0 Å². The van der Waals surface area contributed by atoms with E-state index in [0.29, 0.717) is 32.1 Å². The third-order valence-electron chi connectivity index (χ3n) is 5.76. The highest BCUT2D eigenvalue weighted by molar-refractivity contribution is 5.49. The van der Waals surface area contributed by atoms with Gasteiger partial charge in [0.25, 0.3) is 0 Å². The topological polar surface area (TPSA) is 51.2 Å². The minimum absolute atomic E-state index is 0.388. The Hall–Kier alpha value is -1.14. The summed E-state index contributed by atoms with van der Waals surface area (Å²) in [6, 6.07) is 8.79. The largest absolute Gasteiger partial charge is 0.385 e. The summed E-state index contributed by atoms with van der Waals surface area (Å²) >= 11 is 0. The molecule has 0 aromatic heterocycles. The lowest BCUT2D eigenvalue weighted by Crippen LogP contribution is -2.44. The fourth-order valence-corrected chi connectivity index (χ4v) is 4.19. The van der Waals surface area contributed by atoms with Gasteiger partial charge >= 0.3 is 0 Å². The summed E-state index contributed by atoms with van der Waals surface area (Å²) < 4.78 is 17.0. The first kappa shape index (κ1) is 16.3. The number of hydrogen-bond donors (Lipinski definition) is 1. The van der Waals surface area contributed by atoms with Gasteiger partial charge in [0, 0.05) is 31.1 Å². The maximum atomic E-state index is 11.1. The molecule has 0 radical (unpaired) electrons. The van der Waals surface area contributed by atoms with Gasteiger partial charge in [-0.05, 0) is 37.5 Å². The molecular weight excluding hydrogens is 306 g/mol. The molecule has 1 aromatic carbocycles. The van der Waals surface area contributed by atoms with Crippen molar-refractivity contribution >= 4 is 5.69 Å². The van der Waals surface area contributed by atoms with Crippen LogP contribution in [0.15, 0.2) is 24.3 Å². The van der Waals surface area contributed by atoms with E-state index in [9.17, 15) is 5.11 Å². The number of morpholine rings is 1. The van der Waals surface area contributed by atoms with E-state index in [1.165, 1.54) is 5.69 Å². The molecule has 1 saturated carbocycles. The van der Waals surface area contributed by atoms with E-state index in [1.807, 2.05) is 0 Å². The molecule has 4 rings (SSSR count). The van der Waals surface area contributed by atoms with Crippen LogP contribution in [0.2, 0.25) is 0 Å². The third kappa shape index (κ3) is 2.94. The zero-order chi connectivity index (χ0) is 16.6. The predicted octanol–water partition coefficient (Wildman–Crippen LogP) is 2.42. The van der Waals surface area contributed by atoms with Crippen LogP contribution in [0, 0.1) is 0 Å². The molecule has 2 aliphatic heterocycles. The molecule has 1 spiro atoms. The molecule has 5 nitrogen and oxygen atoms in total. The van der Waals surface area contributed by atoms with Crippen LogP contribution < -0.4 is 4.90 Å². The zero-order valence-corrected chi connectivity index (χ0v) is 14.4. The van der Waals surface area contributed by atoms with Crippen LogP contribution in [0.1, 0.15) is 38.2 Å². The van der Waals surface area contributed by atoms with E-state index < -0.39 is 11.4 Å². The van der Waals surface area contributed by atoms with Crippen molar-refractivity contribution in [1.29, 1.82) is 0 Å². The SMILES string of the molecule is CC1COCCN1c1ccc(C2(O)CCC3(CC2)OCCO3)cc1. The number of hydrogen-bond acceptors (Lipinski definition) is 5. The number of anilines is 1. The van der Waals surface area contributed by atoms with Crippen molar-refractivity contribution in [1.82, 2.24) is 0 Å². The van der Waals surface area contributed by atoms with E-state index in [0.717, 1.165) is 38.2 Å². The summed E-state index contributed by atoms with van der Waals surface area (Å²) in [5, 5.41) is 11.1. The summed E-state index contributed by atoms with van der Waals surface area (Å²) in [6.07, 6.45) is 2.87. The van der Waals surface area contributed by atoms with E-state index in [2.05, 4.69) is 36.1 Å². The standard InChI is InChI=1S/C19H27NO4/c1-15-14-22-11-10-20(15)17-4-2-16(3-5-17)18(21)6-8-19(9-7-18)23-12-13-24-19/h2-5,15,21H,6-14H2,1H3. The summed E-state index contributed by atoms with van der Waals surface area (Å²) in [7, 11) is 0. The Morgan fingerprint density at radius 3 is 2.29 bits per heavy atom. The second-order valence-electron chi connectivity index (χ2n) is 7.30. The fraction of sp³-hybridized carbons (Fsp3) is 0.684. The predicted molar refractivity (Wildman–Crippen MR) is 91.1 cm³/mol. The van der Waals surface area contributed by atoms with E-state index >= 15 is 0 Å². The van der Waals surface area contributed by atoms with Crippen molar-refractivity contribution in [2.45, 2.75) is 50.0 Å². The van der Waals surface area contributed by atoms with Crippen LogP contribution in [0.3, 0.4) is 0 Å². The first-order valence-electron chi connectivity index (χ1n) is 9.06. The minimum Gasteiger partial charge on any atom is -0.385 e. The molecule has 2 heterocycles. The maximum Gasteiger partial charge on any atom is 0.168 e. The Bertz CT molecular complexity index is 557. The van der Waals surface area contributed by atoms with Crippen molar-refractivity contribution in [2.24, 2.45) is 0 Å². The van der Waals surface area contributed by atoms with Gasteiger partial charge in [0.1, 0.15) is 0 Å². The Balaban J connectivity index is 1.46. The van der Waals surface area contributed by atoms with E-state index in [1.54, 1.807) is 0 Å². The summed E-state index contributed by atoms with van der Waals surface area (Å²) in [4.78, 5) is 2.37. The Morgan fingerprint density at radius 1 is 1.00 bits per heavy atom. The van der Waals surface area contributed by atoms with Gasteiger partial charge in [-0.2, -0.15) is 0 Å². The van der Waals surface area contributed by atoms with Crippen LogP contribution in [-0.2, 0) is 19.8 Å². The molecular formula is C19H27NO4. The van der Waals surface area contributed by atoms with Crippen molar-refractivity contribution in [3.63, 3.8) is 0 Å². The Morgan fingerprint density at radius 2 is 1.67 bits per heavy atom. The zero-order valence-electron chi connectivity index (χ0n) is 14.4. The average Bonchev–Trinajstić information content (AvgIpc) is 3.07. The summed E-state index contributed by atoms with van der Waals surface area (Å²) in [6.45, 7) is 5.99. The molecule has 1 unspecified atom stereocenters. The molecule has 2 saturated heterocycles. The Labute approximate surface area is 143 Å². The van der Waals surface area contributed by atoms with Gasteiger partial charge in [-0.1, -0.05) is 12.1 Å². The molecule has 0 bridgehead atoms. The number of ether oxygens (including phenoxy) is 3. The van der Waals surface area contributed by atoms with Crippen LogP contribution >= 0.6 is 0 Å². The van der Waals surface area contributed by atoms with Crippen LogP contribution in [0.25, 0.3) is 0 Å². The monoisotopic (exact) mass is 333 g/mol. The van der Waals surface area contributed by atoms with Gasteiger partial charge in [-0.3, -0.25) is 0 Å². The molecule has 3 aliphatic rings. The lowest BCUT2D eigenvalue weighted by atomic mass is 9.77. The molecule has 0 amide bonds. The lowest BCUT2D eigenvalue weighted by Gasteiger charge is -2.41. The first-order valence-corrected chi connectivity index (χ1v) is 9.06. The number of aliphatic hydroxyl groups is 1. The van der Waals surface area contributed by atoms with Gasteiger partial charge in [0.15, 0.2) is 5.79 Å². The number of nitrogens with zero attached hydrogens (tertiary/aromatic N) is 1. The minimum atomic E-state index is -0.768. The molecule has 1 aliphatic carbocycles. The van der Waals surface area contributed by atoms with Crippen molar-refractivity contribution in [2.75, 3.05) is 37.9 Å². The molecule has 24 heavy (non-hydrogen) atoms. The van der Waals surface area contributed by atoms with Gasteiger partial charge < -0.3 is 24.2 Å². The van der Waals surface area contributed by atoms with Crippen LogP contribution in [0.4, 0.5) is 5.69 Å². The second-order valence-corrected chi connectivity index (χ2v) is 7.30. The molecule has 1 aromatic rings. The van der Waals surface area contributed by atoms with E-state index in [-0.39, 0.29) is 0 Å². The molecule has 1 atom stereocenters. The fourth-order valence-electron chi connectivity index (χ4n) is 4.19. The smallest absolute Gasteiger partial charge is 0.168 e. The Kier molecular flexibility index (Phi) is 4.29. The average molecular weight is 333 g/mol. The third-order valence-corrected chi connectivity index (χ3v) is 5.76. The van der Waals surface area contributed by atoms with E-state index in [4.69, 9.17) is 14.2 Å². The van der Waals surface area contributed by atoms with Crippen LogP contribution in [-0.4, -0.2) is 49.9 Å². The second kappa shape index (κ2) is 6.30. The van der Waals surface area contributed by atoms with Gasteiger partial charge in [-0.15, -0.1) is 0 Å². The number of benzene rings is 1. The van der Waals surface area contributed by atoms with Crippen LogP contribution in [0.5, 0.6) is 0 Å². The molecule has 1 N–H and O–H groups in total. The normalized spacial score (nSPS) is 29.1. The van der Waals surface area contributed by atoms with Crippen molar-refractivity contribution in [3.05, 3.63) is 29.8 Å². The highest BCUT2D eigenvalue weighted by atomic mass is 16.7. The van der Waals surface area contributed by atoms with Gasteiger partial charge in [0.05, 0.1) is 32.0 Å². The van der Waals surface area contributed by atoms with Gasteiger partial charge in [0.2, 0.25) is 0 Å². The highest BCUT2D eigenvalue weighted by Gasteiger charge is 2.46. The quantitative estimate of drug-likeness (QED) is 0.901. The maximum absolute atomic E-state index is 11.1. The summed E-state index contributed by atoms with van der Waals surface area (Å²) in [5.41, 5.74) is 1.43. The lowest BCUT2D eigenvalue weighted by molar-refractivity contribution is -0.204. The number of rotatable bonds is 2. The highest BCUT2D eigenvalue weighted by Crippen LogP contribution is 2.45. The molecule has 132 valence electrons. The van der Waals surface area contributed by atoms with Crippen molar-refractivity contribution in [3.8, 4) is 0 Å². The summed E-state index contributed by atoms with van der Waals surface area (Å²) in [5.74, 6) is -0.435.